The van der Waals surface area contributed by atoms with E-state index in [0.717, 1.165) is 15.4 Å². The van der Waals surface area contributed by atoms with Gasteiger partial charge in [0, 0.05) is 14.8 Å². The summed E-state index contributed by atoms with van der Waals surface area (Å²) in [5, 5.41) is 3.92. The minimum Gasteiger partial charge on any atom is -0.300 e. The number of nitrogens with one attached hydrogen (secondary N) is 1. The minimum absolute atomic E-state index is 0.199. The van der Waals surface area contributed by atoms with Crippen molar-refractivity contribution >= 4 is 58.0 Å². The molecule has 0 spiro atoms. The van der Waals surface area contributed by atoms with E-state index in [1.165, 1.54) is 23.9 Å². The molecule has 0 bridgehead atoms. The van der Waals surface area contributed by atoms with Crippen LogP contribution in [-0.2, 0) is 4.79 Å². The van der Waals surface area contributed by atoms with Crippen LogP contribution in [0.25, 0.3) is 6.08 Å². The van der Waals surface area contributed by atoms with Crippen LogP contribution >= 0.6 is 35.1 Å². The summed E-state index contributed by atoms with van der Waals surface area (Å²) in [6.07, 6.45) is 1.82. The number of thioether (sulfide) groups is 1. The van der Waals surface area contributed by atoms with E-state index in [1.54, 1.807) is 23.9 Å². The molecule has 144 valence electrons. The number of rotatable bonds is 4. The van der Waals surface area contributed by atoms with E-state index in [2.05, 4.69) is 10.3 Å². The number of benzene rings is 3. The average molecular weight is 441 g/mol. The van der Waals surface area contributed by atoms with Crippen molar-refractivity contribution in [3.05, 3.63) is 94.1 Å². The summed E-state index contributed by atoms with van der Waals surface area (Å²) in [5.41, 5.74) is 1.50. The first-order valence-electron chi connectivity index (χ1n) is 8.64. The molecule has 3 nitrogen and oxygen atoms in total. The van der Waals surface area contributed by atoms with Gasteiger partial charge in [-0.3, -0.25) is 4.79 Å². The van der Waals surface area contributed by atoms with E-state index >= 15 is 0 Å². The molecule has 1 fully saturated rings. The Morgan fingerprint density at radius 2 is 1.55 bits per heavy atom. The van der Waals surface area contributed by atoms with Crippen LogP contribution in [0.5, 0.6) is 0 Å². The van der Waals surface area contributed by atoms with Crippen molar-refractivity contribution in [3.63, 3.8) is 0 Å². The van der Waals surface area contributed by atoms with E-state index in [-0.39, 0.29) is 11.7 Å². The Morgan fingerprint density at radius 1 is 0.931 bits per heavy atom. The van der Waals surface area contributed by atoms with Crippen molar-refractivity contribution in [2.24, 2.45) is 4.99 Å². The topological polar surface area (TPSA) is 41.5 Å². The first kappa shape index (κ1) is 19.8. The number of halogens is 2. The molecule has 1 aliphatic rings. The SMILES string of the molecule is O=C1NC(=Nc2ccc(F)cc2)S/C1=C\c1ccc(Sc2ccc(Cl)cc2)cc1. The van der Waals surface area contributed by atoms with Crippen molar-refractivity contribution < 1.29 is 9.18 Å². The molecule has 0 radical (unpaired) electrons. The Bertz CT molecular complexity index is 1100. The molecule has 0 aliphatic carbocycles. The Kier molecular flexibility index (Phi) is 6.04. The highest BCUT2D eigenvalue weighted by Gasteiger charge is 2.23. The van der Waals surface area contributed by atoms with E-state index in [9.17, 15) is 9.18 Å². The van der Waals surface area contributed by atoms with E-state index < -0.39 is 0 Å². The predicted molar refractivity (Wildman–Crippen MR) is 119 cm³/mol. The Morgan fingerprint density at radius 3 is 2.21 bits per heavy atom. The maximum Gasteiger partial charge on any atom is 0.264 e. The van der Waals surface area contributed by atoms with Gasteiger partial charge in [0.1, 0.15) is 5.82 Å². The van der Waals surface area contributed by atoms with Crippen LogP contribution in [0.1, 0.15) is 5.56 Å². The third-order valence-electron chi connectivity index (χ3n) is 3.94. The molecule has 7 heteroatoms. The monoisotopic (exact) mass is 440 g/mol. The Hall–Kier alpha value is -2.54. The first-order chi connectivity index (χ1) is 14.0. The van der Waals surface area contributed by atoms with Crippen molar-refractivity contribution in [1.29, 1.82) is 0 Å². The third kappa shape index (κ3) is 5.29. The number of amidine groups is 1. The van der Waals surface area contributed by atoms with Gasteiger partial charge < -0.3 is 5.32 Å². The molecule has 1 aliphatic heterocycles. The summed E-state index contributed by atoms with van der Waals surface area (Å²) in [5.74, 6) is -0.522. The molecule has 1 N–H and O–H groups in total. The largest absolute Gasteiger partial charge is 0.300 e. The van der Waals surface area contributed by atoms with E-state index in [4.69, 9.17) is 11.6 Å². The molecule has 3 aromatic carbocycles. The van der Waals surface area contributed by atoms with Gasteiger partial charge in [-0.1, -0.05) is 35.5 Å². The highest BCUT2D eigenvalue weighted by molar-refractivity contribution is 8.18. The summed E-state index contributed by atoms with van der Waals surface area (Å²) in [4.78, 5) is 19.3. The van der Waals surface area contributed by atoms with Crippen LogP contribution in [0, 0.1) is 5.82 Å². The lowest BCUT2D eigenvalue weighted by Crippen LogP contribution is -2.19. The van der Waals surface area contributed by atoms with Gasteiger partial charge in [0.05, 0.1) is 10.6 Å². The lowest BCUT2D eigenvalue weighted by molar-refractivity contribution is -0.115. The first-order valence-corrected chi connectivity index (χ1v) is 10.6. The van der Waals surface area contributed by atoms with Gasteiger partial charge in [-0.15, -0.1) is 0 Å². The molecular formula is C22H14ClFN2OS2. The molecule has 3 aromatic rings. The van der Waals surface area contributed by atoms with Crippen LogP contribution in [0.15, 0.2) is 92.5 Å². The van der Waals surface area contributed by atoms with Crippen LogP contribution in [0.4, 0.5) is 10.1 Å². The second-order valence-electron chi connectivity index (χ2n) is 6.08. The van der Waals surface area contributed by atoms with Crippen LogP contribution < -0.4 is 5.32 Å². The molecule has 1 heterocycles. The Labute approximate surface area is 181 Å². The molecule has 4 rings (SSSR count). The molecule has 1 amide bonds. The van der Waals surface area contributed by atoms with Gasteiger partial charge in [0.2, 0.25) is 0 Å². The second-order valence-corrected chi connectivity index (χ2v) is 8.70. The quantitative estimate of drug-likeness (QED) is 0.469. The number of carbonyl (C=O) groups excluding carboxylic acids is 1. The van der Waals surface area contributed by atoms with Crippen LogP contribution in [0.3, 0.4) is 0 Å². The highest BCUT2D eigenvalue weighted by atomic mass is 35.5. The fraction of sp³-hybridized carbons (Fsp3) is 0. The number of aliphatic imine (C=N–C) groups is 1. The number of nitrogens with zero attached hydrogens (tertiary/aromatic N) is 1. The number of hydrogen-bond acceptors (Lipinski definition) is 4. The van der Waals surface area contributed by atoms with Crippen molar-refractivity contribution in [3.8, 4) is 0 Å². The summed E-state index contributed by atoms with van der Waals surface area (Å²) in [6.45, 7) is 0. The summed E-state index contributed by atoms with van der Waals surface area (Å²) < 4.78 is 13.0. The average Bonchev–Trinajstić information content (AvgIpc) is 3.06. The van der Waals surface area contributed by atoms with Gasteiger partial charge in [-0.2, -0.15) is 0 Å². The van der Waals surface area contributed by atoms with Crippen LogP contribution in [0.2, 0.25) is 5.02 Å². The fourth-order valence-corrected chi connectivity index (χ4v) is 4.32. The fourth-order valence-electron chi connectivity index (χ4n) is 2.54. The number of carbonyl (C=O) groups is 1. The molecule has 0 unspecified atom stereocenters. The number of amides is 1. The predicted octanol–water partition coefficient (Wildman–Crippen LogP) is 6.52. The van der Waals surface area contributed by atoms with Gasteiger partial charge in [0.15, 0.2) is 5.17 Å². The minimum atomic E-state index is -0.324. The molecule has 0 saturated carbocycles. The van der Waals surface area contributed by atoms with Gasteiger partial charge >= 0.3 is 0 Å². The van der Waals surface area contributed by atoms with Crippen molar-refractivity contribution in [1.82, 2.24) is 5.32 Å². The zero-order chi connectivity index (χ0) is 20.2. The number of hydrogen-bond donors (Lipinski definition) is 1. The lowest BCUT2D eigenvalue weighted by Gasteiger charge is -2.03. The van der Waals surface area contributed by atoms with E-state index in [1.807, 2.05) is 54.6 Å². The molecule has 29 heavy (non-hydrogen) atoms. The van der Waals surface area contributed by atoms with Crippen molar-refractivity contribution in [2.75, 3.05) is 0 Å². The second kappa shape index (κ2) is 8.86. The smallest absolute Gasteiger partial charge is 0.264 e. The molecule has 0 aromatic heterocycles. The van der Waals surface area contributed by atoms with Gasteiger partial charge in [-0.25, -0.2) is 9.38 Å². The van der Waals surface area contributed by atoms with Gasteiger partial charge in [-0.05, 0) is 84.1 Å². The molecule has 1 saturated heterocycles. The van der Waals surface area contributed by atoms with E-state index in [0.29, 0.717) is 20.8 Å². The normalized spacial score (nSPS) is 16.4. The third-order valence-corrected chi connectivity index (χ3v) is 6.11. The zero-order valence-electron chi connectivity index (χ0n) is 14.9. The maximum atomic E-state index is 13.0. The standard InChI is InChI=1S/C22H14ClFN2OS2/c23-15-3-11-19(12-4-15)28-18-9-1-14(2-10-18)13-20-21(27)26-22(29-20)25-17-7-5-16(24)6-8-17/h1-13H,(H,25,26,27)/b20-13-. The Balaban J connectivity index is 1.45. The summed E-state index contributed by atoms with van der Waals surface area (Å²) in [7, 11) is 0. The lowest BCUT2D eigenvalue weighted by atomic mass is 10.2. The highest BCUT2D eigenvalue weighted by Crippen LogP contribution is 2.31. The van der Waals surface area contributed by atoms with Gasteiger partial charge in [0.25, 0.3) is 5.91 Å². The zero-order valence-corrected chi connectivity index (χ0v) is 17.3. The summed E-state index contributed by atoms with van der Waals surface area (Å²) in [6, 6.07) is 21.4. The van der Waals surface area contributed by atoms with Crippen LogP contribution in [-0.4, -0.2) is 11.1 Å². The maximum absolute atomic E-state index is 13.0. The van der Waals surface area contributed by atoms with Crippen molar-refractivity contribution in [2.45, 2.75) is 9.79 Å². The molecular weight excluding hydrogens is 427 g/mol. The summed E-state index contributed by atoms with van der Waals surface area (Å²) >= 11 is 8.82. The molecule has 0 atom stereocenters.